The van der Waals surface area contributed by atoms with Crippen LogP contribution in [-0.4, -0.2) is 41.5 Å². The van der Waals surface area contributed by atoms with Crippen LogP contribution in [0.2, 0.25) is 0 Å². The van der Waals surface area contributed by atoms with Crippen LogP contribution in [0.15, 0.2) is 22.8 Å². The van der Waals surface area contributed by atoms with Gasteiger partial charge in [0, 0.05) is 24.9 Å². The van der Waals surface area contributed by atoms with Gasteiger partial charge < -0.3 is 19.7 Å². The van der Waals surface area contributed by atoms with Crippen LogP contribution in [0, 0.1) is 11.8 Å². The number of carbonyl (C=O) groups excluding carboxylic acids is 2. The molecule has 1 aliphatic carbocycles. The number of hydrogen-bond acceptors (Lipinski definition) is 4. The molecule has 1 unspecified atom stereocenters. The Kier molecular flexibility index (Phi) is 5.56. The molecule has 132 valence electrons. The molecule has 1 aromatic heterocycles. The maximum absolute atomic E-state index is 12.4. The number of nitrogens with one attached hydrogen (secondary N) is 1. The Bertz CT molecular complexity index is 543. The van der Waals surface area contributed by atoms with Gasteiger partial charge in [0.2, 0.25) is 11.8 Å². The van der Waals surface area contributed by atoms with E-state index in [-0.39, 0.29) is 30.2 Å². The largest absolute Gasteiger partial charge is 0.467 e. The predicted molar refractivity (Wildman–Crippen MR) is 87.9 cm³/mol. The van der Waals surface area contributed by atoms with E-state index < -0.39 is 6.10 Å². The summed E-state index contributed by atoms with van der Waals surface area (Å²) < 4.78 is 5.12. The number of likely N-dealkylation sites (tertiary alicyclic amines) is 1. The SMILES string of the molecule is O=C(NCC(O)c1ccco1)C1CCN(C(=O)C2CCCC2)CC1. The van der Waals surface area contributed by atoms with Gasteiger partial charge in [0.05, 0.1) is 12.8 Å². The zero-order valence-corrected chi connectivity index (χ0v) is 13.9. The molecule has 0 aromatic carbocycles. The highest BCUT2D eigenvalue weighted by Gasteiger charge is 2.32. The van der Waals surface area contributed by atoms with Crippen molar-refractivity contribution in [3.8, 4) is 0 Å². The van der Waals surface area contributed by atoms with Gasteiger partial charge in [-0.1, -0.05) is 12.8 Å². The highest BCUT2D eigenvalue weighted by Crippen LogP contribution is 2.28. The van der Waals surface area contributed by atoms with E-state index in [4.69, 9.17) is 4.42 Å². The first-order valence-electron chi connectivity index (χ1n) is 8.93. The fraction of sp³-hybridized carbons (Fsp3) is 0.667. The summed E-state index contributed by atoms with van der Waals surface area (Å²) in [5, 5.41) is 12.7. The molecule has 6 heteroatoms. The van der Waals surface area contributed by atoms with E-state index in [1.54, 1.807) is 12.1 Å². The highest BCUT2D eigenvalue weighted by atomic mass is 16.4. The molecular formula is C18H26N2O4. The van der Waals surface area contributed by atoms with Crippen molar-refractivity contribution in [2.24, 2.45) is 11.8 Å². The molecular weight excluding hydrogens is 308 g/mol. The van der Waals surface area contributed by atoms with Gasteiger partial charge in [-0.3, -0.25) is 9.59 Å². The first-order chi connectivity index (χ1) is 11.6. The summed E-state index contributed by atoms with van der Waals surface area (Å²) in [5.41, 5.74) is 0. The third-order valence-electron chi connectivity index (χ3n) is 5.22. The van der Waals surface area contributed by atoms with Crippen molar-refractivity contribution in [3.05, 3.63) is 24.2 Å². The highest BCUT2D eigenvalue weighted by molar-refractivity contribution is 5.81. The van der Waals surface area contributed by atoms with Crippen LogP contribution in [0.5, 0.6) is 0 Å². The lowest BCUT2D eigenvalue weighted by Gasteiger charge is -2.33. The van der Waals surface area contributed by atoms with Gasteiger partial charge in [-0.15, -0.1) is 0 Å². The number of carbonyl (C=O) groups is 2. The zero-order chi connectivity index (χ0) is 16.9. The van der Waals surface area contributed by atoms with Crippen molar-refractivity contribution in [1.82, 2.24) is 10.2 Å². The molecule has 2 amide bonds. The second-order valence-corrected chi connectivity index (χ2v) is 6.86. The molecule has 2 heterocycles. The molecule has 2 N–H and O–H groups in total. The van der Waals surface area contributed by atoms with Gasteiger partial charge >= 0.3 is 0 Å². The van der Waals surface area contributed by atoms with Crippen molar-refractivity contribution in [3.63, 3.8) is 0 Å². The van der Waals surface area contributed by atoms with Crippen LogP contribution < -0.4 is 5.32 Å². The van der Waals surface area contributed by atoms with Crippen LogP contribution in [-0.2, 0) is 9.59 Å². The molecule has 24 heavy (non-hydrogen) atoms. The summed E-state index contributed by atoms with van der Waals surface area (Å²) in [6.45, 7) is 1.47. The molecule has 3 rings (SSSR count). The summed E-state index contributed by atoms with van der Waals surface area (Å²) in [7, 11) is 0. The van der Waals surface area contributed by atoms with Gasteiger partial charge in [-0.05, 0) is 37.8 Å². The molecule has 0 spiro atoms. The molecule has 2 aliphatic rings. The molecule has 1 aliphatic heterocycles. The van der Waals surface area contributed by atoms with Crippen LogP contribution in [0.4, 0.5) is 0 Å². The molecule has 1 atom stereocenters. The Morgan fingerprint density at radius 2 is 1.92 bits per heavy atom. The van der Waals surface area contributed by atoms with Crippen molar-refractivity contribution in [1.29, 1.82) is 0 Å². The quantitative estimate of drug-likeness (QED) is 0.861. The standard InChI is InChI=1S/C18H26N2O4/c21-15(16-6-3-11-24-16)12-19-17(22)13-7-9-20(10-8-13)18(23)14-4-1-2-5-14/h3,6,11,13-15,21H,1-2,4-5,7-10,12H2,(H,19,22). The minimum Gasteiger partial charge on any atom is -0.467 e. The normalized spacial score (nSPS) is 21.0. The number of hydrogen-bond donors (Lipinski definition) is 2. The second-order valence-electron chi connectivity index (χ2n) is 6.86. The summed E-state index contributed by atoms with van der Waals surface area (Å²) in [6.07, 6.45) is 6.42. The van der Waals surface area contributed by atoms with Crippen LogP contribution in [0.1, 0.15) is 50.4 Å². The zero-order valence-electron chi connectivity index (χ0n) is 13.9. The smallest absolute Gasteiger partial charge is 0.225 e. The van der Waals surface area contributed by atoms with Crippen LogP contribution in [0.25, 0.3) is 0 Å². The van der Waals surface area contributed by atoms with E-state index >= 15 is 0 Å². The topological polar surface area (TPSA) is 82.8 Å². The Hall–Kier alpha value is -1.82. The third kappa shape index (κ3) is 3.98. The van der Waals surface area contributed by atoms with Crippen molar-refractivity contribution < 1.29 is 19.1 Å². The number of furan rings is 1. The molecule has 1 aromatic rings. The van der Waals surface area contributed by atoms with E-state index in [2.05, 4.69) is 5.32 Å². The van der Waals surface area contributed by atoms with Gasteiger partial charge in [-0.2, -0.15) is 0 Å². The lowest BCUT2D eigenvalue weighted by atomic mass is 9.94. The lowest BCUT2D eigenvalue weighted by Crippen LogP contribution is -2.45. The van der Waals surface area contributed by atoms with Crippen LogP contribution >= 0.6 is 0 Å². The average Bonchev–Trinajstić information content (AvgIpc) is 3.32. The van der Waals surface area contributed by atoms with Gasteiger partial charge in [0.25, 0.3) is 0 Å². The molecule has 1 saturated heterocycles. The summed E-state index contributed by atoms with van der Waals surface area (Å²) >= 11 is 0. The summed E-state index contributed by atoms with van der Waals surface area (Å²) in [5.74, 6) is 0.806. The first-order valence-corrected chi connectivity index (χ1v) is 8.93. The van der Waals surface area contributed by atoms with E-state index in [9.17, 15) is 14.7 Å². The summed E-state index contributed by atoms with van der Waals surface area (Å²) in [4.78, 5) is 26.6. The monoisotopic (exact) mass is 334 g/mol. The number of aliphatic hydroxyl groups excluding tert-OH is 1. The van der Waals surface area contributed by atoms with E-state index in [0.717, 1.165) is 25.7 Å². The Morgan fingerprint density at radius 1 is 1.21 bits per heavy atom. The number of nitrogens with zero attached hydrogens (tertiary/aromatic N) is 1. The van der Waals surface area contributed by atoms with Crippen molar-refractivity contribution in [2.75, 3.05) is 19.6 Å². The average molecular weight is 334 g/mol. The third-order valence-corrected chi connectivity index (χ3v) is 5.22. The minimum absolute atomic E-state index is 0.0476. The fourth-order valence-corrected chi connectivity index (χ4v) is 3.72. The maximum Gasteiger partial charge on any atom is 0.225 e. The van der Waals surface area contributed by atoms with Crippen molar-refractivity contribution in [2.45, 2.75) is 44.6 Å². The van der Waals surface area contributed by atoms with Crippen LogP contribution in [0.3, 0.4) is 0 Å². The number of aliphatic hydroxyl groups is 1. The predicted octanol–water partition coefficient (Wildman–Crippen LogP) is 1.86. The number of piperidine rings is 1. The lowest BCUT2D eigenvalue weighted by molar-refractivity contribution is -0.139. The molecule has 0 radical (unpaired) electrons. The maximum atomic E-state index is 12.4. The first kappa shape index (κ1) is 17.0. The Balaban J connectivity index is 1.41. The van der Waals surface area contributed by atoms with Gasteiger partial charge in [0.1, 0.15) is 11.9 Å². The molecule has 2 fully saturated rings. The minimum atomic E-state index is -0.826. The fourth-order valence-electron chi connectivity index (χ4n) is 3.72. The van der Waals surface area contributed by atoms with Crippen molar-refractivity contribution >= 4 is 11.8 Å². The molecule has 6 nitrogen and oxygen atoms in total. The number of amides is 2. The number of rotatable bonds is 5. The van der Waals surface area contributed by atoms with E-state index in [1.165, 1.54) is 6.26 Å². The molecule has 1 saturated carbocycles. The Morgan fingerprint density at radius 3 is 2.54 bits per heavy atom. The second kappa shape index (κ2) is 7.83. The Labute approximate surface area is 142 Å². The van der Waals surface area contributed by atoms with Gasteiger partial charge in [0.15, 0.2) is 0 Å². The summed E-state index contributed by atoms with van der Waals surface area (Å²) in [6, 6.07) is 3.39. The molecule has 0 bridgehead atoms. The van der Waals surface area contributed by atoms with E-state index in [0.29, 0.717) is 31.7 Å². The van der Waals surface area contributed by atoms with Gasteiger partial charge in [-0.25, -0.2) is 0 Å². The van der Waals surface area contributed by atoms with E-state index in [1.807, 2.05) is 4.90 Å².